The normalized spacial score (nSPS) is 16.5. The largest absolute Gasteiger partial charge is 0.497 e. The fourth-order valence-corrected chi connectivity index (χ4v) is 4.30. The predicted molar refractivity (Wildman–Crippen MR) is 141 cm³/mol. The highest BCUT2D eigenvalue weighted by Crippen LogP contribution is 2.29. The van der Waals surface area contributed by atoms with Gasteiger partial charge < -0.3 is 20.3 Å². The molecule has 0 radical (unpaired) electrons. The minimum Gasteiger partial charge on any atom is -0.497 e. The SMILES string of the molecule is COc1ccc(CN(C)CCN=C(C=O)C2=C(N)C[C@H](C(F)F)N(C(=O)c3ccc(Cl)c(Cl)c3)C2)cc1. The number of methoxy groups -OCH3 is 1. The quantitative estimate of drug-likeness (QED) is 0.347. The number of nitrogens with two attached hydrogens (primary N) is 1. The second kappa shape index (κ2) is 13.0. The summed E-state index contributed by atoms with van der Waals surface area (Å²) in [7, 11) is 3.52. The van der Waals surface area contributed by atoms with Crippen LogP contribution in [0.5, 0.6) is 5.75 Å². The third kappa shape index (κ3) is 7.28. The molecule has 1 atom stereocenters. The average Bonchev–Trinajstić information content (AvgIpc) is 2.88. The Bertz CT molecular complexity index is 1190. The van der Waals surface area contributed by atoms with Gasteiger partial charge in [-0.25, -0.2) is 8.78 Å². The molecule has 2 aromatic rings. The third-order valence-corrected chi connectivity index (χ3v) is 6.80. The van der Waals surface area contributed by atoms with Crippen molar-refractivity contribution < 1.29 is 23.1 Å². The number of benzene rings is 2. The first-order chi connectivity index (χ1) is 17.6. The van der Waals surface area contributed by atoms with Gasteiger partial charge in [-0.05, 0) is 42.9 Å². The van der Waals surface area contributed by atoms with Crippen molar-refractivity contribution in [2.75, 3.05) is 33.8 Å². The van der Waals surface area contributed by atoms with Crippen molar-refractivity contribution in [1.82, 2.24) is 9.80 Å². The number of rotatable bonds is 10. The lowest BCUT2D eigenvalue weighted by molar-refractivity contribution is -0.102. The van der Waals surface area contributed by atoms with Crippen LogP contribution in [0.4, 0.5) is 8.78 Å². The van der Waals surface area contributed by atoms with E-state index in [9.17, 15) is 18.4 Å². The maximum Gasteiger partial charge on any atom is 0.259 e. The number of ether oxygens (including phenoxy) is 1. The maximum absolute atomic E-state index is 13.9. The molecule has 11 heteroatoms. The van der Waals surface area contributed by atoms with Gasteiger partial charge >= 0.3 is 0 Å². The molecule has 1 amide bonds. The van der Waals surface area contributed by atoms with Crippen LogP contribution < -0.4 is 10.5 Å². The van der Waals surface area contributed by atoms with Gasteiger partial charge in [-0.15, -0.1) is 0 Å². The lowest BCUT2D eigenvalue weighted by Crippen LogP contribution is -2.50. The zero-order valence-electron chi connectivity index (χ0n) is 20.5. The van der Waals surface area contributed by atoms with Gasteiger partial charge in [-0.3, -0.25) is 14.6 Å². The van der Waals surface area contributed by atoms with Gasteiger partial charge in [0.1, 0.15) is 11.5 Å². The number of carbonyl (C=O) groups excluding carboxylic acids is 2. The molecule has 0 unspecified atom stereocenters. The molecule has 1 aliphatic heterocycles. The van der Waals surface area contributed by atoms with Crippen LogP contribution in [0, 0.1) is 0 Å². The summed E-state index contributed by atoms with van der Waals surface area (Å²) in [6.45, 7) is 1.18. The van der Waals surface area contributed by atoms with Gasteiger partial charge in [-0.2, -0.15) is 0 Å². The molecule has 0 bridgehead atoms. The Kier molecular flexibility index (Phi) is 10.0. The minimum atomic E-state index is -2.84. The van der Waals surface area contributed by atoms with Crippen LogP contribution >= 0.6 is 23.2 Å². The Labute approximate surface area is 224 Å². The van der Waals surface area contributed by atoms with Crippen molar-refractivity contribution in [2.24, 2.45) is 10.7 Å². The van der Waals surface area contributed by atoms with Gasteiger partial charge in [0.15, 0.2) is 6.29 Å². The number of amides is 1. The number of halogens is 4. The molecule has 37 heavy (non-hydrogen) atoms. The number of aldehydes is 1. The number of carbonyl (C=O) groups is 2. The molecule has 2 aromatic carbocycles. The summed E-state index contributed by atoms with van der Waals surface area (Å²) >= 11 is 11.9. The van der Waals surface area contributed by atoms with E-state index in [0.717, 1.165) is 16.2 Å². The van der Waals surface area contributed by atoms with E-state index >= 15 is 0 Å². The van der Waals surface area contributed by atoms with Crippen LogP contribution in [0.1, 0.15) is 22.3 Å². The van der Waals surface area contributed by atoms with E-state index in [2.05, 4.69) is 4.99 Å². The van der Waals surface area contributed by atoms with E-state index in [-0.39, 0.29) is 52.1 Å². The van der Waals surface area contributed by atoms with Crippen LogP contribution in [0.15, 0.2) is 58.7 Å². The molecule has 1 aliphatic rings. The summed E-state index contributed by atoms with van der Waals surface area (Å²) in [5.41, 5.74) is 7.69. The van der Waals surface area contributed by atoms with Crippen LogP contribution in [-0.4, -0.2) is 74.0 Å². The lowest BCUT2D eigenvalue weighted by Gasteiger charge is -2.36. The molecule has 1 heterocycles. The fourth-order valence-electron chi connectivity index (χ4n) is 4.00. The predicted octanol–water partition coefficient (Wildman–Crippen LogP) is 4.47. The summed E-state index contributed by atoms with van der Waals surface area (Å²) in [6, 6.07) is 10.4. The minimum absolute atomic E-state index is 0.0370. The first-order valence-corrected chi connectivity index (χ1v) is 12.2. The first-order valence-electron chi connectivity index (χ1n) is 11.5. The monoisotopic (exact) mass is 552 g/mol. The lowest BCUT2D eigenvalue weighted by atomic mass is 9.95. The Morgan fingerprint density at radius 1 is 1.24 bits per heavy atom. The van der Waals surface area contributed by atoms with Crippen LogP contribution in [0.2, 0.25) is 10.0 Å². The smallest absolute Gasteiger partial charge is 0.259 e. The Balaban J connectivity index is 1.73. The van der Waals surface area contributed by atoms with Gasteiger partial charge in [-0.1, -0.05) is 35.3 Å². The first kappa shape index (κ1) is 28.6. The fraction of sp³-hybridized carbons (Fsp3) is 0.346. The van der Waals surface area contributed by atoms with Crippen molar-refractivity contribution in [3.05, 3.63) is 74.9 Å². The molecule has 0 fully saturated rings. The summed E-state index contributed by atoms with van der Waals surface area (Å²) < 4.78 is 32.9. The number of hydrogen-bond donors (Lipinski definition) is 1. The zero-order chi connectivity index (χ0) is 27.1. The molecular weight excluding hydrogens is 525 g/mol. The number of alkyl halides is 2. The summed E-state index contributed by atoms with van der Waals surface area (Å²) in [6.07, 6.45) is -2.59. The highest BCUT2D eigenvalue weighted by atomic mass is 35.5. The van der Waals surface area contributed by atoms with Crippen molar-refractivity contribution >= 4 is 41.1 Å². The molecule has 198 valence electrons. The van der Waals surface area contributed by atoms with Crippen LogP contribution in [0.3, 0.4) is 0 Å². The highest BCUT2D eigenvalue weighted by Gasteiger charge is 2.37. The summed E-state index contributed by atoms with van der Waals surface area (Å²) in [5.74, 6) is 0.101. The van der Waals surface area contributed by atoms with E-state index in [1.165, 1.54) is 18.2 Å². The molecule has 7 nitrogen and oxygen atoms in total. The Morgan fingerprint density at radius 2 is 1.95 bits per heavy atom. The van der Waals surface area contributed by atoms with Gasteiger partial charge in [0.2, 0.25) is 0 Å². The topological polar surface area (TPSA) is 88.2 Å². The summed E-state index contributed by atoms with van der Waals surface area (Å²) in [5, 5.41) is 0.363. The average molecular weight is 553 g/mol. The molecular formula is C26H28Cl2F2N4O3. The van der Waals surface area contributed by atoms with Gasteiger partial charge in [0.25, 0.3) is 12.3 Å². The van der Waals surface area contributed by atoms with Crippen LogP contribution in [0.25, 0.3) is 0 Å². The Hall–Kier alpha value is -3.01. The second-order valence-corrected chi connectivity index (χ2v) is 9.46. The molecule has 0 aliphatic carbocycles. The molecule has 0 aromatic heterocycles. The number of hydrogen-bond acceptors (Lipinski definition) is 6. The third-order valence-electron chi connectivity index (χ3n) is 6.06. The number of nitrogens with zero attached hydrogens (tertiary/aromatic N) is 3. The zero-order valence-corrected chi connectivity index (χ0v) is 22.0. The number of likely N-dealkylation sites (N-methyl/N-ethyl adjacent to an activating group) is 1. The van der Waals surface area contributed by atoms with Crippen molar-refractivity contribution in [2.45, 2.75) is 25.4 Å². The highest BCUT2D eigenvalue weighted by molar-refractivity contribution is 6.42. The maximum atomic E-state index is 13.9. The van der Waals surface area contributed by atoms with Crippen molar-refractivity contribution in [3.8, 4) is 5.75 Å². The standard InChI is InChI=1S/C26H28Cl2F2N4O3/c1-33(13-16-3-6-18(37-2)7-4-16)10-9-32-23(15-35)19-14-34(24(25(29)30)12-22(19)31)26(36)17-5-8-20(27)21(28)11-17/h3-8,11,15,24-25H,9-10,12-14,31H2,1-2H3/t24-/m1/s1. The molecule has 0 saturated heterocycles. The van der Waals surface area contributed by atoms with Crippen molar-refractivity contribution in [3.63, 3.8) is 0 Å². The molecule has 0 spiro atoms. The van der Waals surface area contributed by atoms with E-state index in [1.54, 1.807) is 7.11 Å². The van der Waals surface area contributed by atoms with E-state index in [4.69, 9.17) is 33.7 Å². The van der Waals surface area contributed by atoms with E-state index < -0.39 is 18.4 Å². The second-order valence-electron chi connectivity index (χ2n) is 8.64. The van der Waals surface area contributed by atoms with Gasteiger partial charge in [0, 0.05) is 36.3 Å². The van der Waals surface area contributed by atoms with Crippen LogP contribution in [-0.2, 0) is 11.3 Å². The Morgan fingerprint density at radius 3 is 2.54 bits per heavy atom. The van der Waals surface area contributed by atoms with E-state index in [0.29, 0.717) is 19.4 Å². The van der Waals surface area contributed by atoms with E-state index in [1.807, 2.05) is 36.2 Å². The van der Waals surface area contributed by atoms with Crippen molar-refractivity contribution in [1.29, 1.82) is 0 Å². The molecule has 3 rings (SSSR count). The molecule has 2 N–H and O–H groups in total. The van der Waals surface area contributed by atoms with Gasteiger partial charge in [0.05, 0.1) is 36.3 Å². The molecule has 0 saturated carbocycles. The number of aliphatic imine (C=N–C) groups is 1. The summed E-state index contributed by atoms with van der Waals surface area (Å²) in [4.78, 5) is 32.4.